The molecular formula is C15H14N4O3. The Kier molecular flexibility index (Phi) is 4.06. The van der Waals surface area contributed by atoms with Gasteiger partial charge in [-0.05, 0) is 24.3 Å². The molecule has 0 spiro atoms. The van der Waals surface area contributed by atoms with E-state index in [1.54, 1.807) is 29.2 Å². The van der Waals surface area contributed by atoms with Crippen molar-refractivity contribution in [1.82, 2.24) is 9.97 Å². The summed E-state index contributed by atoms with van der Waals surface area (Å²) in [7, 11) is 0. The zero-order chi connectivity index (χ0) is 15.4. The molecule has 0 radical (unpaired) electrons. The normalized spacial score (nSPS) is 14.7. The second-order valence-corrected chi connectivity index (χ2v) is 4.69. The van der Waals surface area contributed by atoms with Crippen LogP contribution in [0.15, 0.2) is 42.9 Å². The summed E-state index contributed by atoms with van der Waals surface area (Å²) < 4.78 is 5.10. The zero-order valence-electron chi connectivity index (χ0n) is 11.7. The highest BCUT2D eigenvalue weighted by molar-refractivity contribution is 6.02. The van der Waals surface area contributed by atoms with E-state index < -0.39 is 0 Å². The molecule has 112 valence electrons. The molecule has 2 heterocycles. The van der Waals surface area contributed by atoms with E-state index in [1.807, 2.05) is 0 Å². The van der Waals surface area contributed by atoms with Crippen molar-refractivity contribution in [2.75, 3.05) is 30.0 Å². The van der Waals surface area contributed by atoms with Crippen LogP contribution in [0.3, 0.4) is 0 Å². The van der Waals surface area contributed by atoms with Crippen LogP contribution in [-0.2, 0) is 9.53 Å². The first-order valence-corrected chi connectivity index (χ1v) is 6.79. The number of nitrogens with zero attached hydrogens (tertiary/aromatic N) is 3. The molecule has 7 heteroatoms. The van der Waals surface area contributed by atoms with Crippen LogP contribution in [0.5, 0.6) is 0 Å². The number of anilines is 2. The predicted molar refractivity (Wildman–Crippen MR) is 79.6 cm³/mol. The van der Waals surface area contributed by atoms with Gasteiger partial charge in [0.25, 0.3) is 11.8 Å². The number of rotatable bonds is 3. The van der Waals surface area contributed by atoms with Crippen LogP contribution in [0.2, 0.25) is 0 Å². The molecule has 1 aromatic heterocycles. The van der Waals surface area contributed by atoms with Gasteiger partial charge in [-0.1, -0.05) is 0 Å². The van der Waals surface area contributed by atoms with Crippen LogP contribution in [0.25, 0.3) is 0 Å². The SMILES string of the molecule is O=C(Nc1ccc(N2CCOCC2=O)cc1)c1cnccn1. The average molecular weight is 298 g/mol. The van der Waals surface area contributed by atoms with Gasteiger partial charge < -0.3 is 15.0 Å². The van der Waals surface area contributed by atoms with Crippen molar-refractivity contribution >= 4 is 23.2 Å². The number of carbonyl (C=O) groups excluding carboxylic acids is 2. The fourth-order valence-electron chi connectivity index (χ4n) is 2.13. The molecule has 0 saturated carbocycles. The number of amides is 2. The van der Waals surface area contributed by atoms with Gasteiger partial charge in [0.05, 0.1) is 12.8 Å². The summed E-state index contributed by atoms with van der Waals surface area (Å²) in [6.07, 6.45) is 4.36. The first-order valence-electron chi connectivity index (χ1n) is 6.79. The van der Waals surface area contributed by atoms with Gasteiger partial charge in [-0.25, -0.2) is 4.98 Å². The lowest BCUT2D eigenvalue weighted by Gasteiger charge is -2.26. The summed E-state index contributed by atoms with van der Waals surface area (Å²) in [4.78, 5) is 33.2. The van der Waals surface area contributed by atoms with Gasteiger partial charge in [0.1, 0.15) is 12.3 Å². The summed E-state index contributed by atoms with van der Waals surface area (Å²) in [6, 6.07) is 7.06. The fourth-order valence-corrected chi connectivity index (χ4v) is 2.13. The van der Waals surface area contributed by atoms with Crippen LogP contribution in [-0.4, -0.2) is 41.5 Å². The highest BCUT2D eigenvalue weighted by Gasteiger charge is 2.20. The standard InChI is InChI=1S/C15H14N4O3/c20-14-10-22-8-7-19(14)12-3-1-11(2-4-12)18-15(21)13-9-16-5-6-17-13/h1-6,9H,7-8,10H2,(H,18,21). The van der Waals surface area contributed by atoms with E-state index in [2.05, 4.69) is 15.3 Å². The number of hydrogen-bond acceptors (Lipinski definition) is 5. The number of ether oxygens (including phenoxy) is 1. The van der Waals surface area contributed by atoms with E-state index in [4.69, 9.17) is 4.74 Å². The molecule has 1 fully saturated rings. The van der Waals surface area contributed by atoms with Crippen LogP contribution >= 0.6 is 0 Å². The number of hydrogen-bond donors (Lipinski definition) is 1. The smallest absolute Gasteiger partial charge is 0.275 e. The first-order chi connectivity index (χ1) is 10.7. The summed E-state index contributed by atoms with van der Waals surface area (Å²) >= 11 is 0. The molecule has 2 aromatic rings. The molecule has 1 N–H and O–H groups in total. The van der Waals surface area contributed by atoms with Crippen LogP contribution < -0.4 is 10.2 Å². The highest BCUT2D eigenvalue weighted by Crippen LogP contribution is 2.19. The third-order valence-corrected chi connectivity index (χ3v) is 3.22. The maximum Gasteiger partial charge on any atom is 0.275 e. The lowest BCUT2D eigenvalue weighted by atomic mass is 10.2. The summed E-state index contributed by atoms with van der Waals surface area (Å²) in [6.45, 7) is 1.16. The highest BCUT2D eigenvalue weighted by atomic mass is 16.5. The Labute approximate surface area is 126 Å². The molecule has 0 unspecified atom stereocenters. The predicted octanol–water partition coefficient (Wildman–Crippen LogP) is 1.09. The molecule has 7 nitrogen and oxygen atoms in total. The van der Waals surface area contributed by atoms with E-state index in [1.165, 1.54) is 18.6 Å². The van der Waals surface area contributed by atoms with Gasteiger partial charge in [0, 0.05) is 30.3 Å². The summed E-state index contributed by atoms with van der Waals surface area (Å²) in [5.74, 6) is -0.397. The van der Waals surface area contributed by atoms with Gasteiger partial charge in [-0.15, -0.1) is 0 Å². The Morgan fingerprint density at radius 1 is 1.23 bits per heavy atom. The molecule has 0 aliphatic carbocycles. The molecule has 1 aliphatic rings. The summed E-state index contributed by atoms with van der Waals surface area (Å²) in [5.41, 5.74) is 1.65. The van der Waals surface area contributed by atoms with Gasteiger partial charge in [-0.3, -0.25) is 14.6 Å². The maximum atomic E-state index is 12.0. The Hall–Kier alpha value is -2.80. The monoisotopic (exact) mass is 298 g/mol. The minimum Gasteiger partial charge on any atom is -0.370 e. The minimum absolute atomic E-state index is 0.0670. The number of carbonyl (C=O) groups is 2. The molecule has 22 heavy (non-hydrogen) atoms. The first kappa shape index (κ1) is 14.2. The number of nitrogens with one attached hydrogen (secondary N) is 1. The molecule has 0 bridgehead atoms. The number of morpholine rings is 1. The lowest BCUT2D eigenvalue weighted by Crippen LogP contribution is -2.41. The third-order valence-electron chi connectivity index (χ3n) is 3.22. The average Bonchev–Trinajstić information content (AvgIpc) is 2.57. The second kappa shape index (κ2) is 6.31. The van der Waals surface area contributed by atoms with Crippen molar-refractivity contribution in [1.29, 1.82) is 0 Å². The maximum absolute atomic E-state index is 12.0. The van der Waals surface area contributed by atoms with Gasteiger partial charge in [-0.2, -0.15) is 0 Å². The van der Waals surface area contributed by atoms with E-state index in [0.717, 1.165) is 5.69 Å². The Morgan fingerprint density at radius 3 is 2.73 bits per heavy atom. The van der Waals surface area contributed by atoms with Gasteiger partial charge >= 0.3 is 0 Å². The molecular weight excluding hydrogens is 284 g/mol. The van der Waals surface area contributed by atoms with E-state index in [9.17, 15) is 9.59 Å². The Bertz CT molecular complexity index is 673. The topological polar surface area (TPSA) is 84.4 Å². The molecule has 1 aliphatic heterocycles. The van der Waals surface area contributed by atoms with Crippen LogP contribution in [0.1, 0.15) is 10.5 Å². The van der Waals surface area contributed by atoms with Gasteiger partial charge in [0.2, 0.25) is 0 Å². The Balaban J connectivity index is 1.69. The van der Waals surface area contributed by atoms with Crippen LogP contribution in [0, 0.1) is 0 Å². The van der Waals surface area contributed by atoms with E-state index in [-0.39, 0.29) is 24.1 Å². The van der Waals surface area contributed by atoms with Crippen molar-refractivity contribution in [3.8, 4) is 0 Å². The molecule has 3 rings (SSSR count). The quantitative estimate of drug-likeness (QED) is 0.917. The molecule has 1 aromatic carbocycles. The van der Waals surface area contributed by atoms with Crippen molar-refractivity contribution in [3.63, 3.8) is 0 Å². The van der Waals surface area contributed by atoms with E-state index >= 15 is 0 Å². The molecule has 0 atom stereocenters. The van der Waals surface area contributed by atoms with E-state index in [0.29, 0.717) is 18.8 Å². The zero-order valence-corrected chi connectivity index (χ0v) is 11.7. The van der Waals surface area contributed by atoms with Crippen LogP contribution in [0.4, 0.5) is 11.4 Å². The number of benzene rings is 1. The largest absolute Gasteiger partial charge is 0.370 e. The Morgan fingerprint density at radius 2 is 2.05 bits per heavy atom. The lowest BCUT2D eigenvalue weighted by molar-refractivity contribution is -0.125. The second-order valence-electron chi connectivity index (χ2n) is 4.69. The van der Waals surface area contributed by atoms with Crippen molar-refractivity contribution < 1.29 is 14.3 Å². The molecule has 2 amide bonds. The van der Waals surface area contributed by atoms with Crippen molar-refractivity contribution in [3.05, 3.63) is 48.5 Å². The summed E-state index contributed by atoms with van der Waals surface area (Å²) in [5, 5.41) is 2.73. The van der Waals surface area contributed by atoms with Crippen molar-refractivity contribution in [2.24, 2.45) is 0 Å². The third kappa shape index (κ3) is 3.09. The minimum atomic E-state index is -0.330. The van der Waals surface area contributed by atoms with Gasteiger partial charge in [0.15, 0.2) is 0 Å². The molecule has 1 saturated heterocycles. The fraction of sp³-hybridized carbons (Fsp3) is 0.200. The van der Waals surface area contributed by atoms with Crippen molar-refractivity contribution in [2.45, 2.75) is 0 Å². The number of aromatic nitrogens is 2.